The van der Waals surface area contributed by atoms with E-state index in [1.165, 1.54) is 19.3 Å². The van der Waals surface area contributed by atoms with Gasteiger partial charge in [-0.05, 0) is 148 Å². The van der Waals surface area contributed by atoms with Gasteiger partial charge in [0.25, 0.3) is 0 Å². The van der Waals surface area contributed by atoms with E-state index in [9.17, 15) is 30.3 Å². The van der Waals surface area contributed by atoms with E-state index in [1.807, 2.05) is 36.4 Å². The van der Waals surface area contributed by atoms with Crippen molar-refractivity contribution in [1.82, 2.24) is 0 Å². The van der Waals surface area contributed by atoms with Gasteiger partial charge >= 0.3 is 17.1 Å². The maximum absolute atomic E-state index is 12.9. The fourth-order valence-corrected chi connectivity index (χ4v) is 7.74. The average Bonchev–Trinajstić information content (AvgIpc) is 3.25. The van der Waals surface area contributed by atoms with Gasteiger partial charge in [0.15, 0.2) is 16.7 Å². The summed E-state index contributed by atoms with van der Waals surface area (Å²) >= 11 is 0. The number of anilines is 3. The number of nitro groups is 3. The molecule has 4 aromatic carbocycles. The first-order chi connectivity index (χ1) is 27.8. The van der Waals surface area contributed by atoms with Gasteiger partial charge in [-0.2, -0.15) is 0 Å². The highest BCUT2D eigenvalue weighted by Crippen LogP contribution is 2.42. The molecule has 7 rings (SSSR count). The van der Waals surface area contributed by atoms with E-state index in [2.05, 4.69) is 50.2 Å². The molecule has 0 atom stereocenters. The molecule has 3 aliphatic heterocycles. The minimum Gasteiger partial charge on any atom is -0.372 e. The number of nitrogens with zero attached hydrogens (tertiary/aromatic N) is 6. The predicted molar refractivity (Wildman–Crippen MR) is 222 cm³/mol. The minimum absolute atomic E-state index is 0.459. The molecule has 0 aromatic heterocycles. The highest BCUT2D eigenvalue weighted by Gasteiger charge is 2.41. The third-order valence-corrected chi connectivity index (χ3v) is 10.7. The number of benzene rings is 4. The molecule has 3 fully saturated rings. The molecule has 12 heteroatoms. The standard InChI is InChI=1S/C45H42N6O6/c52-49(53)43-40(25-16-34-10-19-37(20-11-34)46-28-4-1-5-29-46)44(50(54)55)42(27-18-36-14-23-39(24-15-36)48-32-8-3-9-33-48)45(51(56)57)41(43)26-17-35-12-21-38(22-13-35)47-30-6-2-7-31-47/h10-15,19-24H,1-9,28-33H2. The summed E-state index contributed by atoms with van der Waals surface area (Å²) in [4.78, 5) is 42.8. The smallest absolute Gasteiger partial charge is 0.314 e. The molecule has 0 saturated carbocycles. The van der Waals surface area contributed by atoms with Crippen LogP contribution in [0.3, 0.4) is 0 Å². The Morgan fingerprint density at radius 1 is 0.351 bits per heavy atom. The third kappa shape index (κ3) is 9.01. The maximum Gasteiger partial charge on any atom is 0.314 e. The molecular weight excluding hydrogens is 721 g/mol. The van der Waals surface area contributed by atoms with Crippen molar-refractivity contribution in [3.8, 4) is 35.5 Å². The van der Waals surface area contributed by atoms with Crippen molar-refractivity contribution in [3.63, 3.8) is 0 Å². The van der Waals surface area contributed by atoms with Gasteiger partial charge < -0.3 is 14.7 Å². The van der Waals surface area contributed by atoms with Gasteiger partial charge in [-0.15, -0.1) is 0 Å². The molecule has 0 N–H and O–H groups in total. The molecule has 0 bridgehead atoms. The summed E-state index contributed by atoms with van der Waals surface area (Å²) in [5.74, 6) is 16.6. The molecule has 12 nitrogen and oxygen atoms in total. The molecule has 3 aliphatic rings. The van der Waals surface area contributed by atoms with Crippen LogP contribution in [0.15, 0.2) is 72.8 Å². The van der Waals surface area contributed by atoms with Crippen LogP contribution in [0.5, 0.6) is 0 Å². The Balaban J connectivity index is 1.36. The first-order valence-electron chi connectivity index (χ1n) is 19.5. The Morgan fingerprint density at radius 3 is 0.789 bits per heavy atom. The van der Waals surface area contributed by atoms with Gasteiger partial charge in [0.1, 0.15) is 0 Å². The predicted octanol–water partition coefficient (Wildman–Crippen LogP) is 8.58. The topological polar surface area (TPSA) is 139 Å². The molecule has 0 amide bonds. The number of piperidine rings is 3. The van der Waals surface area contributed by atoms with E-state index >= 15 is 0 Å². The molecule has 0 aliphatic carbocycles. The molecule has 3 heterocycles. The molecule has 0 radical (unpaired) electrons. The van der Waals surface area contributed by atoms with E-state index in [-0.39, 0.29) is 0 Å². The van der Waals surface area contributed by atoms with Crippen LogP contribution in [-0.2, 0) is 0 Å². The lowest BCUT2D eigenvalue weighted by Gasteiger charge is -2.28. The first-order valence-corrected chi connectivity index (χ1v) is 19.5. The van der Waals surface area contributed by atoms with Crippen LogP contribution in [0, 0.1) is 65.9 Å². The number of hydrogen-bond donors (Lipinski definition) is 0. The number of rotatable bonds is 6. The van der Waals surface area contributed by atoms with Gasteiger partial charge in [-0.1, -0.05) is 17.8 Å². The molecule has 57 heavy (non-hydrogen) atoms. The Hall–Kier alpha value is -6.84. The van der Waals surface area contributed by atoms with E-state index in [1.54, 1.807) is 36.4 Å². The fourth-order valence-electron chi connectivity index (χ4n) is 7.74. The third-order valence-electron chi connectivity index (χ3n) is 10.7. The number of nitro benzene ring substituents is 3. The van der Waals surface area contributed by atoms with Crippen molar-refractivity contribution < 1.29 is 14.8 Å². The molecule has 0 unspecified atom stereocenters. The van der Waals surface area contributed by atoms with Crippen LogP contribution in [-0.4, -0.2) is 54.0 Å². The summed E-state index contributed by atoms with van der Waals surface area (Å²) in [7, 11) is 0. The van der Waals surface area contributed by atoms with Crippen molar-refractivity contribution in [3.05, 3.63) is 137 Å². The van der Waals surface area contributed by atoms with Crippen molar-refractivity contribution in [2.75, 3.05) is 54.0 Å². The van der Waals surface area contributed by atoms with Crippen molar-refractivity contribution in [1.29, 1.82) is 0 Å². The van der Waals surface area contributed by atoms with Crippen molar-refractivity contribution in [2.24, 2.45) is 0 Å². The summed E-state index contributed by atoms with van der Waals surface area (Å²) < 4.78 is 0. The van der Waals surface area contributed by atoms with Gasteiger partial charge in [-0.3, -0.25) is 30.3 Å². The van der Waals surface area contributed by atoms with Gasteiger partial charge in [0.05, 0.1) is 14.8 Å². The van der Waals surface area contributed by atoms with Crippen LogP contribution < -0.4 is 14.7 Å². The molecule has 0 spiro atoms. The average molecular weight is 763 g/mol. The van der Waals surface area contributed by atoms with E-state index in [0.717, 1.165) is 94.9 Å². The zero-order valence-electron chi connectivity index (χ0n) is 31.7. The van der Waals surface area contributed by atoms with E-state index in [4.69, 9.17) is 0 Å². The normalized spacial score (nSPS) is 15.3. The summed E-state index contributed by atoms with van der Waals surface area (Å²) in [6.07, 6.45) is 10.1. The summed E-state index contributed by atoms with van der Waals surface area (Å²) in [6, 6.07) is 21.9. The summed E-state index contributed by atoms with van der Waals surface area (Å²) in [5.41, 5.74) is -0.164. The summed E-state index contributed by atoms with van der Waals surface area (Å²) in [6.45, 7) is 5.61. The zero-order valence-corrected chi connectivity index (χ0v) is 31.7. The van der Waals surface area contributed by atoms with Crippen LogP contribution in [0.1, 0.15) is 91.2 Å². The SMILES string of the molecule is O=[N+]([O-])c1c(C#Cc2ccc(N3CCCCC3)cc2)c([N+](=O)[O-])c(C#Cc2ccc(N3CCCCC3)cc2)c([N+](=O)[O-])c1C#Cc1ccc(N2CCCCC2)cc1. The highest BCUT2D eigenvalue weighted by molar-refractivity contribution is 5.83. The molecule has 3 saturated heterocycles. The van der Waals surface area contributed by atoms with Crippen molar-refractivity contribution >= 4 is 34.1 Å². The van der Waals surface area contributed by atoms with Crippen LogP contribution in [0.25, 0.3) is 0 Å². The second-order valence-corrected chi connectivity index (χ2v) is 14.5. The second kappa shape index (κ2) is 17.7. The van der Waals surface area contributed by atoms with Crippen LogP contribution >= 0.6 is 0 Å². The van der Waals surface area contributed by atoms with Gasteiger partial charge in [0.2, 0.25) is 0 Å². The lowest BCUT2D eigenvalue weighted by molar-refractivity contribution is -0.404. The lowest BCUT2D eigenvalue weighted by Crippen LogP contribution is -2.29. The second-order valence-electron chi connectivity index (χ2n) is 14.5. The fraction of sp³-hybridized carbons (Fsp3) is 0.333. The monoisotopic (exact) mass is 762 g/mol. The Kier molecular flexibility index (Phi) is 12.0. The van der Waals surface area contributed by atoms with Gasteiger partial charge in [0, 0.05) is 73.0 Å². The summed E-state index contributed by atoms with van der Waals surface area (Å²) in [5, 5.41) is 38.6. The van der Waals surface area contributed by atoms with Crippen LogP contribution in [0.2, 0.25) is 0 Å². The zero-order chi connectivity index (χ0) is 39.7. The highest BCUT2D eigenvalue weighted by atomic mass is 16.6. The Bertz CT molecular complexity index is 2060. The largest absolute Gasteiger partial charge is 0.372 e. The maximum atomic E-state index is 12.9. The van der Waals surface area contributed by atoms with E-state index in [0.29, 0.717) is 16.7 Å². The van der Waals surface area contributed by atoms with Crippen molar-refractivity contribution in [2.45, 2.75) is 57.8 Å². The number of hydrogen-bond acceptors (Lipinski definition) is 9. The molecule has 288 valence electrons. The minimum atomic E-state index is -0.917. The quantitative estimate of drug-likeness (QED) is 0.107. The van der Waals surface area contributed by atoms with Gasteiger partial charge in [-0.25, -0.2) is 0 Å². The van der Waals surface area contributed by atoms with E-state index < -0.39 is 48.5 Å². The molecular formula is C45H42N6O6. The molecule has 4 aromatic rings. The Morgan fingerprint density at radius 2 is 0.579 bits per heavy atom. The first kappa shape index (κ1) is 38.4. The lowest BCUT2D eigenvalue weighted by atomic mass is 9.96. The Labute approximate surface area is 331 Å². The van der Waals surface area contributed by atoms with Crippen LogP contribution in [0.4, 0.5) is 34.1 Å².